The van der Waals surface area contributed by atoms with E-state index in [0.717, 1.165) is 21.1 Å². The van der Waals surface area contributed by atoms with Crippen LogP contribution in [-0.4, -0.2) is 45.1 Å². The molecule has 2 heterocycles. The van der Waals surface area contributed by atoms with Crippen molar-refractivity contribution >= 4 is 40.8 Å². The predicted octanol–water partition coefficient (Wildman–Crippen LogP) is 2.17. The number of fused-ring (bicyclic) bond motifs is 1. The number of aromatic nitrogens is 2. The van der Waals surface area contributed by atoms with E-state index in [4.69, 9.17) is 9.47 Å². The van der Waals surface area contributed by atoms with Gasteiger partial charge in [-0.2, -0.15) is 0 Å². The second-order valence-electron chi connectivity index (χ2n) is 6.55. The second kappa shape index (κ2) is 9.03. The molecular formula is C23H21N3O3Se. The Kier molecular flexibility index (Phi) is 6.02. The summed E-state index contributed by atoms with van der Waals surface area (Å²) in [5.74, 6) is 1.19. The van der Waals surface area contributed by atoms with E-state index in [2.05, 4.69) is 27.4 Å². The van der Waals surface area contributed by atoms with Crippen molar-refractivity contribution in [2.24, 2.45) is 0 Å². The molecule has 0 aliphatic carbocycles. The number of carbonyl (C=O) groups is 1. The zero-order valence-electron chi connectivity index (χ0n) is 16.6. The molecule has 2 N–H and O–H groups in total. The Labute approximate surface area is 180 Å². The molecule has 2 aromatic heterocycles. The van der Waals surface area contributed by atoms with Crippen molar-refractivity contribution in [3.05, 3.63) is 78.1 Å². The van der Waals surface area contributed by atoms with Crippen LogP contribution in [0.2, 0.25) is 0 Å². The van der Waals surface area contributed by atoms with E-state index in [1.165, 1.54) is 4.46 Å². The van der Waals surface area contributed by atoms with Gasteiger partial charge in [0.1, 0.15) is 0 Å². The van der Waals surface area contributed by atoms with Gasteiger partial charge in [0.25, 0.3) is 0 Å². The van der Waals surface area contributed by atoms with Gasteiger partial charge in [-0.25, -0.2) is 0 Å². The predicted molar refractivity (Wildman–Crippen MR) is 118 cm³/mol. The number of hydrogen-bond acceptors (Lipinski definition) is 4. The summed E-state index contributed by atoms with van der Waals surface area (Å²) in [7, 11) is 3.19. The van der Waals surface area contributed by atoms with Gasteiger partial charge in [-0.15, -0.1) is 0 Å². The van der Waals surface area contributed by atoms with E-state index in [0.29, 0.717) is 23.6 Å². The van der Waals surface area contributed by atoms with Crippen molar-refractivity contribution < 1.29 is 14.3 Å². The molecule has 0 saturated carbocycles. The van der Waals surface area contributed by atoms with Gasteiger partial charge >= 0.3 is 181 Å². The first-order valence-corrected chi connectivity index (χ1v) is 11.1. The summed E-state index contributed by atoms with van der Waals surface area (Å²) in [5, 5.41) is 4.10. The molecule has 0 aliphatic heterocycles. The third-order valence-corrected chi connectivity index (χ3v) is 6.84. The summed E-state index contributed by atoms with van der Waals surface area (Å²) in [6.07, 6.45) is 3.78. The normalized spacial score (nSPS) is 10.7. The first-order valence-electron chi connectivity index (χ1n) is 9.37. The SMILES string of the molecule is COc1ccc(CNC(=O)c2cccc([Se]c3c[nH]c4ncccc34)c2)cc1OC. The Morgan fingerprint density at radius 2 is 1.93 bits per heavy atom. The zero-order chi connectivity index (χ0) is 20.9. The maximum atomic E-state index is 12.7. The van der Waals surface area contributed by atoms with Crippen LogP contribution in [0.25, 0.3) is 11.0 Å². The van der Waals surface area contributed by atoms with Crippen LogP contribution in [0.4, 0.5) is 0 Å². The van der Waals surface area contributed by atoms with Crippen LogP contribution in [0.5, 0.6) is 11.5 Å². The van der Waals surface area contributed by atoms with Gasteiger partial charge in [0, 0.05) is 0 Å². The second-order valence-corrected chi connectivity index (χ2v) is 8.89. The monoisotopic (exact) mass is 467 g/mol. The minimum absolute atomic E-state index is 0.0704. The molecule has 0 fully saturated rings. The fraction of sp³-hybridized carbons (Fsp3) is 0.130. The number of nitrogens with one attached hydrogen (secondary N) is 2. The van der Waals surface area contributed by atoms with E-state index >= 15 is 0 Å². The van der Waals surface area contributed by atoms with Crippen LogP contribution in [0.1, 0.15) is 15.9 Å². The third-order valence-electron chi connectivity index (χ3n) is 4.64. The number of rotatable bonds is 7. The maximum absolute atomic E-state index is 12.7. The van der Waals surface area contributed by atoms with E-state index < -0.39 is 0 Å². The summed E-state index contributed by atoms with van der Waals surface area (Å²) in [6, 6.07) is 17.4. The van der Waals surface area contributed by atoms with Gasteiger partial charge in [0.15, 0.2) is 0 Å². The number of hydrogen-bond donors (Lipinski definition) is 2. The number of aromatic amines is 1. The fourth-order valence-corrected chi connectivity index (χ4v) is 5.17. The van der Waals surface area contributed by atoms with Gasteiger partial charge in [0.05, 0.1) is 0 Å². The van der Waals surface area contributed by atoms with E-state index in [-0.39, 0.29) is 20.9 Å². The first-order chi connectivity index (χ1) is 14.7. The Bertz CT molecular complexity index is 1190. The molecule has 6 nitrogen and oxygen atoms in total. The minimum atomic E-state index is -0.108. The molecule has 2 aromatic carbocycles. The Morgan fingerprint density at radius 3 is 2.77 bits per heavy atom. The molecule has 0 aliphatic rings. The van der Waals surface area contributed by atoms with Crippen LogP contribution in [-0.2, 0) is 6.54 Å². The van der Waals surface area contributed by atoms with Gasteiger partial charge < -0.3 is 0 Å². The van der Waals surface area contributed by atoms with Crippen LogP contribution in [0.15, 0.2) is 67.0 Å². The van der Waals surface area contributed by atoms with Gasteiger partial charge in [-0.3, -0.25) is 0 Å². The number of H-pyrrole nitrogens is 1. The number of pyridine rings is 1. The summed E-state index contributed by atoms with van der Waals surface area (Å²) in [4.78, 5) is 20.2. The van der Waals surface area contributed by atoms with E-state index in [1.807, 2.05) is 48.7 Å². The average Bonchev–Trinajstić information content (AvgIpc) is 3.20. The van der Waals surface area contributed by atoms with Crippen LogP contribution in [0.3, 0.4) is 0 Å². The molecule has 0 unspecified atom stereocenters. The standard InChI is InChI=1S/C23H21N3O3Se/c1-28-19-9-8-15(11-20(19)29-2)13-26-23(27)16-5-3-6-17(12-16)30-21-14-25-22-18(21)7-4-10-24-22/h3-12,14H,13H2,1-2H3,(H,24,25)(H,26,27). The number of ether oxygens (including phenoxy) is 2. The summed E-state index contributed by atoms with van der Waals surface area (Å²) in [6.45, 7) is 0.405. The van der Waals surface area contributed by atoms with Crippen LogP contribution in [0, 0.1) is 0 Å². The molecule has 0 spiro atoms. The van der Waals surface area contributed by atoms with Crippen molar-refractivity contribution in [2.75, 3.05) is 14.2 Å². The average molecular weight is 466 g/mol. The Hall–Kier alpha value is -3.28. The van der Waals surface area contributed by atoms with E-state index in [9.17, 15) is 4.79 Å². The zero-order valence-corrected chi connectivity index (χ0v) is 18.4. The molecule has 0 bridgehead atoms. The Morgan fingerprint density at radius 1 is 1.07 bits per heavy atom. The van der Waals surface area contributed by atoms with Crippen molar-refractivity contribution in [3.63, 3.8) is 0 Å². The molecule has 0 saturated heterocycles. The van der Waals surface area contributed by atoms with Crippen molar-refractivity contribution in [2.45, 2.75) is 6.54 Å². The Balaban J connectivity index is 1.45. The summed E-state index contributed by atoms with van der Waals surface area (Å²) < 4.78 is 12.9. The first kappa shape index (κ1) is 20.0. The van der Waals surface area contributed by atoms with Gasteiger partial charge in [-0.05, 0) is 0 Å². The molecule has 0 atom stereocenters. The fourth-order valence-electron chi connectivity index (χ4n) is 3.12. The quantitative estimate of drug-likeness (QED) is 0.410. The summed E-state index contributed by atoms with van der Waals surface area (Å²) >= 11 is 0.0704. The molecule has 4 rings (SSSR count). The number of carbonyl (C=O) groups excluding carboxylic acids is 1. The van der Waals surface area contributed by atoms with E-state index in [1.54, 1.807) is 20.4 Å². The molecule has 1 amide bonds. The third kappa shape index (κ3) is 4.32. The van der Waals surface area contributed by atoms with Gasteiger partial charge in [0.2, 0.25) is 0 Å². The molecule has 4 aromatic rings. The number of methoxy groups -OCH3 is 2. The van der Waals surface area contributed by atoms with Crippen molar-refractivity contribution in [1.29, 1.82) is 0 Å². The number of nitrogens with zero attached hydrogens (tertiary/aromatic N) is 1. The van der Waals surface area contributed by atoms with Crippen molar-refractivity contribution in [3.8, 4) is 11.5 Å². The molecule has 7 heteroatoms. The summed E-state index contributed by atoms with van der Waals surface area (Å²) in [5.41, 5.74) is 2.47. The molecular weight excluding hydrogens is 445 g/mol. The number of benzene rings is 2. The molecule has 152 valence electrons. The topological polar surface area (TPSA) is 76.2 Å². The van der Waals surface area contributed by atoms with Crippen molar-refractivity contribution in [1.82, 2.24) is 15.3 Å². The molecule has 30 heavy (non-hydrogen) atoms. The van der Waals surface area contributed by atoms with Crippen LogP contribution < -0.4 is 23.7 Å². The number of amides is 1. The molecule has 0 radical (unpaired) electrons. The van der Waals surface area contributed by atoms with Crippen LogP contribution >= 0.6 is 0 Å². The van der Waals surface area contributed by atoms with Gasteiger partial charge in [-0.1, -0.05) is 0 Å².